The highest BCUT2D eigenvalue weighted by Gasteiger charge is 2.43. The maximum absolute atomic E-state index is 11.8. The van der Waals surface area contributed by atoms with Crippen molar-refractivity contribution < 1.29 is 9.90 Å². The van der Waals surface area contributed by atoms with Crippen molar-refractivity contribution in [2.75, 3.05) is 19.6 Å². The van der Waals surface area contributed by atoms with E-state index in [1.54, 1.807) is 0 Å². The molecule has 3 atom stereocenters. The van der Waals surface area contributed by atoms with Gasteiger partial charge in [0, 0.05) is 25.6 Å². The van der Waals surface area contributed by atoms with Crippen LogP contribution in [-0.2, 0) is 0 Å². The molecule has 2 amide bonds. The third kappa shape index (κ3) is 2.32. The molecule has 1 saturated heterocycles. The van der Waals surface area contributed by atoms with E-state index in [1.807, 2.05) is 4.90 Å². The Kier molecular flexibility index (Phi) is 3.69. The summed E-state index contributed by atoms with van der Waals surface area (Å²) in [6, 6.07) is 0.0510. The van der Waals surface area contributed by atoms with E-state index < -0.39 is 0 Å². The molecule has 2 aliphatic rings. The lowest BCUT2D eigenvalue weighted by molar-refractivity contribution is 0.126. The molecule has 16 heavy (non-hydrogen) atoms. The zero-order valence-electron chi connectivity index (χ0n) is 9.98. The van der Waals surface area contributed by atoms with Gasteiger partial charge in [-0.1, -0.05) is 13.3 Å². The second kappa shape index (κ2) is 5.04. The minimum atomic E-state index is -0.182. The van der Waals surface area contributed by atoms with Crippen LogP contribution in [0.25, 0.3) is 0 Å². The van der Waals surface area contributed by atoms with Gasteiger partial charge < -0.3 is 15.3 Å². The number of hydrogen-bond acceptors (Lipinski definition) is 2. The van der Waals surface area contributed by atoms with E-state index in [9.17, 15) is 9.90 Å². The number of likely N-dealkylation sites (tertiary alicyclic amines) is 1. The number of nitrogens with zero attached hydrogens (tertiary/aromatic N) is 1. The Bertz CT molecular complexity index is 257. The van der Waals surface area contributed by atoms with E-state index in [2.05, 4.69) is 12.2 Å². The van der Waals surface area contributed by atoms with E-state index in [4.69, 9.17) is 0 Å². The van der Waals surface area contributed by atoms with Crippen LogP contribution in [0, 0.1) is 11.8 Å². The number of nitrogens with one attached hydrogen (secondary N) is 1. The van der Waals surface area contributed by atoms with Crippen molar-refractivity contribution in [2.24, 2.45) is 11.8 Å². The van der Waals surface area contributed by atoms with E-state index in [-0.39, 0.29) is 12.1 Å². The summed E-state index contributed by atoms with van der Waals surface area (Å²) in [6.45, 7) is 4.45. The fraction of sp³-hybridized carbons (Fsp3) is 0.917. The standard InChI is InChI=1S/C12H22N2O2/c1-2-3-6-13-12(16)14-7-9-4-5-11(15)10(9)8-14/h9-11,15H,2-8H2,1H3,(H,13,16). The molecule has 2 rings (SSSR count). The van der Waals surface area contributed by atoms with Gasteiger partial charge in [-0.05, 0) is 25.2 Å². The van der Waals surface area contributed by atoms with Gasteiger partial charge in [0.15, 0.2) is 0 Å². The zero-order valence-corrected chi connectivity index (χ0v) is 9.98. The van der Waals surface area contributed by atoms with Gasteiger partial charge in [-0.3, -0.25) is 0 Å². The highest BCUT2D eigenvalue weighted by molar-refractivity contribution is 5.74. The molecule has 3 unspecified atom stereocenters. The zero-order chi connectivity index (χ0) is 11.5. The van der Waals surface area contributed by atoms with Gasteiger partial charge in [-0.15, -0.1) is 0 Å². The summed E-state index contributed by atoms with van der Waals surface area (Å²) in [6.07, 6.45) is 3.95. The van der Waals surface area contributed by atoms with Crippen molar-refractivity contribution in [1.82, 2.24) is 10.2 Å². The number of hydrogen-bond donors (Lipinski definition) is 2. The molecule has 2 fully saturated rings. The molecule has 0 radical (unpaired) electrons. The van der Waals surface area contributed by atoms with Crippen molar-refractivity contribution in [1.29, 1.82) is 0 Å². The Morgan fingerprint density at radius 3 is 2.94 bits per heavy atom. The Hall–Kier alpha value is -0.770. The number of carbonyl (C=O) groups excluding carboxylic acids is 1. The summed E-state index contributed by atoms with van der Waals surface area (Å²) in [5.41, 5.74) is 0. The van der Waals surface area contributed by atoms with Crippen molar-refractivity contribution in [3.63, 3.8) is 0 Å². The van der Waals surface area contributed by atoms with Crippen LogP contribution in [0.2, 0.25) is 0 Å². The van der Waals surface area contributed by atoms with Crippen LogP contribution in [0.15, 0.2) is 0 Å². The van der Waals surface area contributed by atoms with Gasteiger partial charge in [0.05, 0.1) is 6.10 Å². The van der Waals surface area contributed by atoms with Crippen molar-refractivity contribution in [3.05, 3.63) is 0 Å². The summed E-state index contributed by atoms with van der Waals surface area (Å²) in [7, 11) is 0. The smallest absolute Gasteiger partial charge is 0.317 e. The minimum Gasteiger partial charge on any atom is -0.393 e. The first-order valence-electron chi connectivity index (χ1n) is 6.43. The third-order valence-electron chi connectivity index (χ3n) is 3.91. The summed E-state index contributed by atoms with van der Waals surface area (Å²) in [5, 5.41) is 12.7. The fourth-order valence-corrected chi connectivity index (χ4v) is 2.89. The molecule has 1 heterocycles. The molecule has 0 aromatic heterocycles. The lowest BCUT2D eigenvalue weighted by Gasteiger charge is -2.18. The summed E-state index contributed by atoms with van der Waals surface area (Å²) in [4.78, 5) is 13.7. The van der Waals surface area contributed by atoms with E-state index in [1.165, 1.54) is 0 Å². The number of aliphatic hydroxyl groups excluding tert-OH is 1. The van der Waals surface area contributed by atoms with Crippen LogP contribution in [-0.4, -0.2) is 41.8 Å². The highest BCUT2D eigenvalue weighted by Crippen LogP contribution is 2.37. The van der Waals surface area contributed by atoms with Crippen LogP contribution >= 0.6 is 0 Å². The number of aliphatic hydroxyl groups is 1. The van der Waals surface area contributed by atoms with Crippen molar-refractivity contribution in [2.45, 2.75) is 38.7 Å². The van der Waals surface area contributed by atoms with Crippen LogP contribution in [0.1, 0.15) is 32.6 Å². The maximum atomic E-state index is 11.8. The molecule has 92 valence electrons. The average molecular weight is 226 g/mol. The molecular weight excluding hydrogens is 204 g/mol. The lowest BCUT2D eigenvalue weighted by atomic mass is 10.00. The summed E-state index contributed by atoms with van der Waals surface area (Å²) in [5.74, 6) is 0.865. The topological polar surface area (TPSA) is 52.6 Å². The molecule has 0 spiro atoms. The van der Waals surface area contributed by atoms with E-state index in [0.717, 1.165) is 45.3 Å². The highest BCUT2D eigenvalue weighted by atomic mass is 16.3. The first kappa shape index (κ1) is 11.7. The molecule has 1 aliphatic heterocycles. The molecule has 4 nitrogen and oxygen atoms in total. The van der Waals surface area contributed by atoms with Gasteiger partial charge in [0.1, 0.15) is 0 Å². The average Bonchev–Trinajstić information content (AvgIpc) is 2.82. The molecule has 4 heteroatoms. The number of unbranched alkanes of at least 4 members (excludes halogenated alkanes) is 1. The fourth-order valence-electron chi connectivity index (χ4n) is 2.89. The molecule has 0 aromatic carbocycles. The number of urea groups is 1. The number of rotatable bonds is 3. The number of carbonyl (C=O) groups is 1. The quantitative estimate of drug-likeness (QED) is 0.710. The van der Waals surface area contributed by atoms with Gasteiger partial charge in [0.25, 0.3) is 0 Å². The number of amides is 2. The predicted octanol–water partition coefficient (Wildman–Crippen LogP) is 1.20. The largest absolute Gasteiger partial charge is 0.393 e. The monoisotopic (exact) mass is 226 g/mol. The first-order valence-corrected chi connectivity index (χ1v) is 6.43. The minimum absolute atomic E-state index is 0.0510. The lowest BCUT2D eigenvalue weighted by Crippen LogP contribution is -2.39. The second-order valence-corrected chi connectivity index (χ2v) is 5.06. The van der Waals surface area contributed by atoms with E-state index in [0.29, 0.717) is 11.8 Å². The van der Waals surface area contributed by atoms with Crippen LogP contribution < -0.4 is 5.32 Å². The first-order chi connectivity index (χ1) is 7.72. The Morgan fingerprint density at radius 2 is 2.25 bits per heavy atom. The predicted molar refractivity (Wildman–Crippen MR) is 62.1 cm³/mol. The maximum Gasteiger partial charge on any atom is 0.317 e. The molecule has 1 aliphatic carbocycles. The number of fused-ring (bicyclic) bond motifs is 1. The van der Waals surface area contributed by atoms with Gasteiger partial charge in [-0.2, -0.15) is 0 Å². The van der Waals surface area contributed by atoms with Gasteiger partial charge >= 0.3 is 6.03 Å². The van der Waals surface area contributed by atoms with Gasteiger partial charge in [-0.25, -0.2) is 4.79 Å². The molecular formula is C12H22N2O2. The van der Waals surface area contributed by atoms with Crippen LogP contribution in [0.3, 0.4) is 0 Å². The van der Waals surface area contributed by atoms with E-state index >= 15 is 0 Å². The molecule has 0 aromatic rings. The SMILES string of the molecule is CCCCNC(=O)N1CC2CCC(O)C2C1. The Labute approximate surface area is 97.0 Å². The molecule has 0 bridgehead atoms. The van der Waals surface area contributed by atoms with Crippen LogP contribution in [0.4, 0.5) is 4.79 Å². The second-order valence-electron chi connectivity index (χ2n) is 5.06. The molecule has 1 saturated carbocycles. The van der Waals surface area contributed by atoms with Gasteiger partial charge in [0.2, 0.25) is 0 Å². The Morgan fingerprint density at radius 1 is 1.44 bits per heavy atom. The summed E-state index contributed by atoms with van der Waals surface area (Å²) >= 11 is 0. The Balaban J connectivity index is 1.78. The molecule has 2 N–H and O–H groups in total. The van der Waals surface area contributed by atoms with Crippen LogP contribution in [0.5, 0.6) is 0 Å². The van der Waals surface area contributed by atoms with Crippen molar-refractivity contribution in [3.8, 4) is 0 Å². The van der Waals surface area contributed by atoms with Crippen molar-refractivity contribution >= 4 is 6.03 Å². The summed E-state index contributed by atoms with van der Waals surface area (Å²) < 4.78 is 0. The normalized spacial score (nSPS) is 32.9. The third-order valence-corrected chi connectivity index (χ3v) is 3.91.